The van der Waals surface area contributed by atoms with Crippen molar-refractivity contribution in [3.8, 4) is 5.75 Å². The molecule has 6 heteroatoms. The van der Waals surface area contributed by atoms with E-state index in [1.807, 2.05) is 42.5 Å². The Morgan fingerprint density at radius 2 is 1.84 bits per heavy atom. The smallest absolute Gasteiger partial charge is 0.172 e. The summed E-state index contributed by atoms with van der Waals surface area (Å²) >= 11 is 1.57. The van der Waals surface area contributed by atoms with Crippen LogP contribution in [0.2, 0.25) is 0 Å². The molecule has 2 aromatic carbocycles. The summed E-state index contributed by atoms with van der Waals surface area (Å²) in [5.74, 6) is 0.247. The molecule has 0 aliphatic carbocycles. The molecule has 0 saturated carbocycles. The molecule has 0 unspecified atom stereocenters. The zero-order valence-corrected chi connectivity index (χ0v) is 14.4. The topological polar surface area (TPSA) is 71.0 Å². The molecule has 0 radical (unpaired) electrons. The van der Waals surface area contributed by atoms with Crippen molar-refractivity contribution in [2.45, 2.75) is 41.2 Å². The quantitative estimate of drug-likeness (QED) is 0.760. The second-order valence-corrected chi connectivity index (χ2v) is 7.55. The van der Waals surface area contributed by atoms with Crippen LogP contribution in [0.5, 0.6) is 5.75 Å². The first-order valence-electron chi connectivity index (χ1n) is 8.39. The van der Waals surface area contributed by atoms with E-state index in [4.69, 9.17) is 9.47 Å². The van der Waals surface area contributed by atoms with Crippen LogP contribution in [-0.2, 0) is 16.0 Å². The number of aliphatic hydroxyl groups is 1. The van der Waals surface area contributed by atoms with E-state index in [9.17, 15) is 10.2 Å². The summed E-state index contributed by atoms with van der Waals surface area (Å²) < 4.78 is 11.7. The van der Waals surface area contributed by atoms with Gasteiger partial charge >= 0.3 is 0 Å². The number of benzene rings is 2. The van der Waals surface area contributed by atoms with Gasteiger partial charge in [0.05, 0.1) is 24.0 Å². The summed E-state index contributed by atoms with van der Waals surface area (Å²) in [6.45, 7) is 0.924. The second-order valence-electron chi connectivity index (χ2n) is 6.30. The molecule has 0 spiro atoms. The molecule has 2 saturated heterocycles. The summed E-state index contributed by atoms with van der Waals surface area (Å²) in [5.41, 5.74) is 0.794. The Hall–Kier alpha value is -1.57. The highest BCUT2D eigenvalue weighted by Crippen LogP contribution is 2.38. The predicted molar refractivity (Wildman–Crippen MR) is 95.4 cm³/mol. The highest BCUT2D eigenvalue weighted by Gasteiger charge is 2.50. The Labute approximate surface area is 151 Å². The van der Waals surface area contributed by atoms with Gasteiger partial charge < -0.3 is 25.0 Å². The fraction of sp³-hybridized carbons (Fsp3) is 0.368. The first-order valence-corrected chi connectivity index (χ1v) is 9.27. The molecule has 2 aliphatic heterocycles. The number of para-hydroxylation sites is 1. The number of rotatable bonds is 5. The van der Waals surface area contributed by atoms with E-state index in [0.717, 1.165) is 10.5 Å². The van der Waals surface area contributed by atoms with Gasteiger partial charge in [-0.15, -0.1) is 11.8 Å². The van der Waals surface area contributed by atoms with Crippen molar-refractivity contribution in [1.82, 2.24) is 5.32 Å². The number of hydrogen-bond donors (Lipinski definition) is 3. The Morgan fingerprint density at radius 1 is 1.08 bits per heavy atom. The summed E-state index contributed by atoms with van der Waals surface area (Å²) in [4.78, 5) is 1.07. The van der Waals surface area contributed by atoms with Crippen LogP contribution in [0.3, 0.4) is 0 Å². The summed E-state index contributed by atoms with van der Waals surface area (Å²) in [7, 11) is 0. The predicted octanol–water partition coefficient (Wildman–Crippen LogP) is 2.13. The largest absolute Gasteiger partial charge is 0.508 e. The monoisotopic (exact) mass is 359 g/mol. The summed E-state index contributed by atoms with van der Waals surface area (Å²) in [5, 5.41) is 24.0. The van der Waals surface area contributed by atoms with E-state index in [1.165, 1.54) is 0 Å². The van der Waals surface area contributed by atoms with Gasteiger partial charge in [-0.1, -0.05) is 36.4 Å². The number of thioether (sulfide) groups is 1. The molecule has 2 fully saturated rings. The maximum Gasteiger partial charge on any atom is 0.172 e. The molecule has 3 N–H and O–H groups in total. The first kappa shape index (κ1) is 16.9. The maximum absolute atomic E-state index is 10.9. The van der Waals surface area contributed by atoms with E-state index in [2.05, 4.69) is 5.32 Å². The van der Waals surface area contributed by atoms with Crippen molar-refractivity contribution >= 4 is 11.8 Å². The van der Waals surface area contributed by atoms with Crippen LogP contribution < -0.4 is 5.32 Å². The van der Waals surface area contributed by atoms with Crippen molar-refractivity contribution in [1.29, 1.82) is 0 Å². The van der Waals surface area contributed by atoms with Gasteiger partial charge in [-0.3, -0.25) is 0 Å². The lowest BCUT2D eigenvalue weighted by Crippen LogP contribution is -2.58. The van der Waals surface area contributed by atoms with Crippen molar-refractivity contribution < 1.29 is 19.7 Å². The normalized spacial score (nSPS) is 31.2. The average Bonchev–Trinajstić information content (AvgIpc) is 3.07. The van der Waals surface area contributed by atoms with Gasteiger partial charge in [0.15, 0.2) is 6.29 Å². The molecule has 2 aliphatic rings. The molecule has 0 aromatic heterocycles. The lowest BCUT2D eigenvalue weighted by molar-refractivity contribution is -0.123. The Kier molecular flexibility index (Phi) is 4.96. The molecule has 2 heterocycles. The van der Waals surface area contributed by atoms with Gasteiger partial charge in [0.1, 0.15) is 11.9 Å². The van der Waals surface area contributed by atoms with E-state index in [-0.39, 0.29) is 23.1 Å². The van der Waals surface area contributed by atoms with Crippen LogP contribution in [0.15, 0.2) is 59.5 Å². The number of aromatic hydroxyl groups is 1. The highest BCUT2D eigenvalue weighted by atomic mass is 32.2. The number of phenols is 1. The molecule has 2 bridgehead atoms. The lowest BCUT2D eigenvalue weighted by atomic mass is 9.99. The molecule has 132 valence electrons. The van der Waals surface area contributed by atoms with Crippen LogP contribution in [0.25, 0.3) is 0 Å². The minimum atomic E-state index is -0.609. The average molecular weight is 359 g/mol. The van der Waals surface area contributed by atoms with Gasteiger partial charge in [-0.05, 0) is 18.2 Å². The molecule has 0 amide bonds. The molecular weight excluding hydrogens is 338 g/mol. The van der Waals surface area contributed by atoms with Gasteiger partial charge in [0, 0.05) is 17.0 Å². The number of nitrogens with one attached hydrogen (secondary N) is 1. The Morgan fingerprint density at radius 3 is 2.64 bits per heavy atom. The Bertz CT molecular complexity index is 714. The van der Waals surface area contributed by atoms with Crippen LogP contribution in [0.1, 0.15) is 5.56 Å². The SMILES string of the molecule is Oc1ccccc1CN[C@H]1[C@H](O)[C@@H](Sc2ccccc2)[C@@H]2OC[C@H]1O2. The third-order valence-corrected chi connectivity index (χ3v) is 5.96. The number of hydrogen-bond acceptors (Lipinski definition) is 6. The number of ether oxygens (including phenoxy) is 2. The first-order chi connectivity index (χ1) is 12.2. The maximum atomic E-state index is 10.9. The van der Waals surface area contributed by atoms with Crippen molar-refractivity contribution in [3.63, 3.8) is 0 Å². The molecule has 5 nitrogen and oxygen atoms in total. The molecule has 25 heavy (non-hydrogen) atoms. The van der Waals surface area contributed by atoms with E-state index >= 15 is 0 Å². The minimum absolute atomic E-state index is 0.182. The van der Waals surface area contributed by atoms with Gasteiger partial charge in [0.2, 0.25) is 0 Å². The number of fused-ring (bicyclic) bond motifs is 2. The fourth-order valence-electron chi connectivity index (χ4n) is 3.31. The molecule has 2 aromatic rings. The van der Waals surface area contributed by atoms with E-state index in [0.29, 0.717) is 13.2 Å². The van der Waals surface area contributed by atoms with Crippen molar-refractivity contribution in [3.05, 3.63) is 60.2 Å². The van der Waals surface area contributed by atoms with Crippen molar-refractivity contribution in [2.24, 2.45) is 0 Å². The summed E-state index contributed by atoms with van der Waals surface area (Å²) in [6.07, 6.45) is -1.19. The number of aliphatic hydroxyl groups excluding tert-OH is 1. The molecular formula is C19H21NO4S. The lowest BCUT2D eigenvalue weighted by Gasteiger charge is -2.38. The van der Waals surface area contributed by atoms with Crippen LogP contribution in [-0.4, -0.2) is 46.6 Å². The fourth-order valence-corrected chi connectivity index (χ4v) is 4.50. The zero-order chi connectivity index (χ0) is 17.2. The van der Waals surface area contributed by atoms with Crippen LogP contribution >= 0.6 is 11.8 Å². The molecule has 5 atom stereocenters. The minimum Gasteiger partial charge on any atom is -0.508 e. The van der Waals surface area contributed by atoms with Gasteiger partial charge in [-0.25, -0.2) is 0 Å². The highest BCUT2D eigenvalue weighted by molar-refractivity contribution is 8.00. The van der Waals surface area contributed by atoms with Crippen LogP contribution in [0.4, 0.5) is 0 Å². The van der Waals surface area contributed by atoms with Crippen LogP contribution in [0, 0.1) is 0 Å². The van der Waals surface area contributed by atoms with Crippen molar-refractivity contribution in [2.75, 3.05) is 6.61 Å². The van der Waals surface area contributed by atoms with E-state index < -0.39 is 12.4 Å². The van der Waals surface area contributed by atoms with Gasteiger partial charge in [-0.2, -0.15) is 0 Å². The third-order valence-electron chi connectivity index (χ3n) is 4.64. The molecule has 4 rings (SSSR count). The second kappa shape index (κ2) is 7.35. The summed E-state index contributed by atoms with van der Waals surface area (Å²) in [6, 6.07) is 16.9. The zero-order valence-electron chi connectivity index (χ0n) is 13.6. The van der Waals surface area contributed by atoms with Gasteiger partial charge in [0.25, 0.3) is 0 Å². The Balaban J connectivity index is 1.47. The third kappa shape index (κ3) is 3.54. The van der Waals surface area contributed by atoms with E-state index in [1.54, 1.807) is 23.9 Å². The number of phenolic OH excluding ortho intramolecular Hbond substituents is 1. The standard InChI is InChI=1S/C19H21NO4S/c21-14-9-5-4-6-12(14)10-20-16-15-11-23-19(24-15)18(17(16)22)25-13-7-2-1-3-8-13/h1-9,15-22H,10-11H2/t15-,16-,17+,18-,19-/m1/s1.